The SMILES string of the molecule is COC(=O)c1sc2ncnc(NC3CCCCC3C)c2c1C. The zero-order valence-electron chi connectivity index (χ0n) is 13.2. The molecule has 2 heterocycles. The fourth-order valence-electron chi connectivity index (χ4n) is 3.17. The van der Waals surface area contributed by atoms with Crippen molar-refractivity contribution in [3.8, 4) is 0 Å². The first-order chi connectivity index (χ1) is 10.6. The maximum atomic E-state index is 11.9. The number of thiophene rings is 1. The minimum Gasteiger partial charge on any atom is -0.465 e. The number of fused-ring (bicyclic) bond motifs is 1. The Morgan fingerprint density at radius 3 is 2.86 bits per heavy atom. The number of aryl methyl sites for hydroxylation is 1. The number of hydrogen-bond donors (Lipinski definition) is 1. The first-order valence-corrected chi connectivity index (χ1v) is 8.52. The van der Waals surface area contributed by atoms with E-state index in [-0.39, 0.29) is 5.97 Å². The summed E-state index contributed by atoms with van der Waals surface area (Å²) in [6.07, 6.45) is 6.55. The number of aromatic nitrogens is 2. The fourth-order valence-corrected chi connectivity index (χ4v) is 4.24. The molecule has 5 nitrogen and oxygen atoms in total. The Bertz CT molecular complexity index is 698. The molecule has 6 heteroatoms. The highest BCUT2D eigenvalue weighted by molar-refractivity contribution is 7.20. The number of anilines is 1. The van der Waals surface area contributed by atoms with Crippen molar-refractivity contribution in [2.45, 2.75) is 45.6 Å². The van der Waals surface area contributed by atoms with Crippen LogP contribution in [0.5, 0.6) is 0 Å². The number of esters is 1. The molecule has 1 aliphatic rings. The van der Waals surface area contributed by atoms with Gasteiger partial charge in [-0.3, -0.25) is 0 Å². The summed E-state index contributed by atoms with van der Waals surface area (Å²) < 4.78 is 4.86. The lowest BCUT2D eigenvalue weighted by molar-refractivity contribution is 0.0605. The highest BCUT2D eigenvalue weighted by Gasteiger charge is 2.24. The molecule has 1 aliphatic carbocycles. The van der Waals surface area contributed by atoms with Crippen LogP contribution in [0.15, 0.2) is 6.33 Å². The van der Waals surface area contributed by atoms with Crippen molar-refractivity contribution in [3.05, 3.63) is 16.8 Å². The third-order valence-corrected chi connectivity index (χ3v) is 5.71. The summed E-state index contributed by atoms with van der Waals surface area (Å²) in [5, 5.41) is 4.54. The van der Waals surface area contributed by atoms with Crippen LogP contribution in [-0.2, 0) is 4.74 Å². The molecule has 2 aromatic heterocycles. The Morgan fingerprint density at radius 1 is 1.36 bits per heavy atom. The second-order valence-corrected chi connectivity index (χ2v) is 6.96. The van der Waals surface area contributed by atoms with Crippen molar-refractivity contribution < 1.29 is 9.53 Å². The van der Waals surface area contributed by atoms with Crippen LogP contribution in [0.3, 0.4) is 0 Å². The summed E-state index contributed by atoms with van der Waals surface area (Å²) in [4.78, 5) is 22.1. The summed E-state index contributed by atoms with van der Waals surface area (Å²) in [5.41, 5.74) is 0.901. The summed E-state index contributed by atoms with van der Waals surface area (Å²) >= 11 is 1.37. The van der Waals surface area contributed by atoms with Gasteiger partial charge < -0.3 is 10.1 Å². The Kier molecular flexibility index (Phi) is 4.29. The predicted molar refractivity (Wildman–Crippen MR) is 88.5 cm³/mol. The summed E-state index contributed by atoms with van der Waals surface area (Å²) in [5.74, 6) is 1.17. The Hall–Kier alpha value is -1.69. The predicted octanol–water partition coefficient (Wildman–Crippen LogP) is 3.78. The molecule has 3 rings (SSSR count). The van der Waals surface area contributed by atoms with Crippen molar-refractivity contribution >= 4 is 33.3 Å². The first-order valence-electron chi connectivity index (χ1n) is 7.70. The number of rotatable bonds is 3. The lowest BCUT2D eigenvalue weighted by atomic mass is 9.86. The van der Waals surface area contributed by atoms with Crippen molar-refractivity contribution in [1.82, 2.24) is 9.97 Å². The minimum atomic E-state index is -0.308. The quantitative estimate of drug-likeness (QED) is 0.872. The minimum absolute atomic E-state index is 0.308. The number of carbonyl (C=O) groups excluding carboxylic acids is 1. The molecule has 22 heavy (non-hydrogen) atoms. The van der Waals surface area contributed by atoms with Crippen LogP contribution in [0.2, 0.25) is 0 Å². The standard InChI is InChI=1S/C16H21N3O2S/c1-9-6-4-5-7-11(9)19-14-12-10(2)13(16(20)21-3)22-15(12)18-8-17-14/h8-9,11H,4-7H2,1-3H3,(H,17,18,19). The van der Waals surface area contributed by atoms with E-state index in [1.165, 1.54) is 44.1 Å². The zero-order chi connectivity index (χ0) is 15.7. The van der Waals surface area contributed by atoms with E-state index in [1.54, 1.807) is 6.33 Å². The van der Waals surface area contributed by atoms with Gasteiger partial charge in [-0.2, -0.15) is 0 Å². The molecule has 2 aromatic rings. The number of ether oxygens (including phenoxy) is 1. The lowest BCUT2D eigenvalue weighted by Crippen LogP contribution is -2.30. The van der Waals surface area contributed by atoms with Gasteiger partial charge in [0.15, 0.2) is 0 Å². The fraction of sp³-hybridized carbons (Fsp3) is 0.562. The van der Waals surface area contributed by atoms with Gasteiger partial charge >= 0.3 is 5.97 Å². The summed E-state index contributed by atoms with van der Waals surface area (Å²) in [6, 6.07) is 0.438. The third-order valence-electron chi connectivity index (χ3n) is 4.53. The molecular formula is C16H21N3O2S. The van der Waals surface area contributed by atoms with Gasteiger partial charge in [-0.25, -0.2) is 14.8 Å². The van der Waals surface area contributed by atoms with Crippen LogP contribution in [0.4, 0.5) is 5.82 Å². The molecule has 1 saturated carbocycles. The molecule has 0 radical (unpaired) electrons. The van der Waals surface area contributed by atoms with Crippen LogP contribution in [-0.4, -0.2) is 29.1 Å². The van der Waals surface area contributed by atoms with Crippen molar-refractivity contribution in [1.29, 1.82) is 0 Å². The van der Waals surface area contributed by atoms with E-state index in [4.69, 9.17) is 4.74 Å². The van der Waals surface area contributed by atoms with E-state index < -0.39 is 0 Å². The van der Waals surface area contributed by atoms with Gasteiger partial charge in [-0.15, -0.1) is 11.3 Å². The van der Waals surface area contributed by atoms with Crippen molar-refractivity contribution in [3.63, 3.8) is 0 Å². The maximum absolute atomic E-state index is 11.9. The van der Waals surface area contributed by atoms with Gasteiger partial charge in [0.25, 0.3) is 0 Å². The number of methoxy groups -OCH3 is 1. The zero-order valence-corrected chi connectivity index (χ0v) is 14.0. The molecule has 0 saturated heterocycles. The van der Waals surface area contributed by atoms with E-state index in [2.05, 4.69) is 22.2 Å². The van der Waals surface area contributed by atoms with Crippen LogP contribution in [0.1, 0.15) is 47.8 Å². The topological polar surface area (TPSA) is 64.1 Å². The molecule has 1 fully saturated rings. The highest BCUT2D eigenvalue weighted by Crippen LogP contribution is 2.35. The molecule has 2 unspecified atom stereocenters. The number of nitrogens with zero attached hydrogens (tertiary/aromatic N) is 2. The molecular weight excluding hydrogens is 298 g/mol. The molecule has 2 atom stereocenters. The molecule has 118 valence electrons. The summed E-state index contributed by atoms with van der Waals surface area (Å²) in [7, 11) is 1.40. The van der Waals surface area contributed by atoms with Gasteiger partial charge in [-0.1, -0.05) is 19.8 Å². The second kappa shape index (κ2) is 6.20. The Labute approximate surface area is 134 Å². The largest absolute Gasteiger partial charge is 0.465 e. The van der Waals surface area contributed by atoms with Gasteiger partial charge in [-0.05, 0) is 31.2 Å². The van der Waals surface area contributed by atoms with E-state index in [0.29, 0.717) is 16.8 Å². The smallest absolute Gasteiger partial charge is 0.348 e. The monoisotopic (exact) mass is 319 g/mol. The molecule has 0 aromatic carbocycles. The van der Waals surface area contributed by atoms with Crippen LogP contribution < -0.4 is 5.32 Å². The van der Waals surface area contributed by atoms with Gasteiger partial charge in [0.05, 0.1) is 12.5 Å². The van der Waals surface area contributed by atoms with Crippen molar-refractivity contribution in [2.24, 2.45) is 5.92 Å². The van der Waals surface area contributed by atoms with Crippen molar-refractivity contribution in [2.75, 3.05) is 12.4 Å². The molecule has 0 spiro atoms. The van der Waals surface area contributed by atoms with Gasteiger partial charge in [0, 0.05) is 6.04 Å². The highest BCUT2D eigenvalue weighted by atomic mass is 32.1. The Morgan fingerprint density at radius 2 is 2.14 bits per heavy atom. The molecule has 0 aliphatic heterocycles. The number of hydrogen-bond acceptors (Lipinski definition) is 6. The van der Waals surface area contributed by atoms with E-state index >= 15 is 0 Å². The number of carbonyl (C=O) groups is 1. The van der Waals surface area contributed by atoms with Gasteiger partial charge in [0.2, 0.25) is 0 Å². The maximum Gasteiger partial charge on any atom is 0.348 e. The average Bonchev–Trinajstić information content (AvgIpc) is 2.87. The van der Waals surface area contributed by atoms with Crippen LogP contribution >= 0.6 is 11.3 Å². The van der Waals surface area contributed by atoms with Crippen LogP contribution in [0.25, 0.3) is 10.2 Å². The Balaban J connectivity index is 1.99. The van der Waals surface area contributed by atoms with E-state index in [9.17, 15) is 4.79 Å². The molecule has 0 amide bonds. The third kappa shape index (κ3) is 2.67. The second-order valence-electron chi connectivity index (χ2n) is 5.96. The first kappa shape index (κ1) is 15.2. The van der Waals surface area contributed by atoms with E-state index in [1.807, 2.05) is 6.92 Å². The van der Waals surface area contributed by atoms with Gasteiger partial charge in [0.1, 0.15) is 21.9 Å². The lowest BCUT2D eigenvalue weighted by Gasteiger charge is -2.30. The normalized spacial score (nSPS) is 21.8. The number of nitrogens with one attached hydrogen (secondary N) is 1. The van der Waals surface area contributed by atoms with E-state index in [0.717, 1.165) is 21.6 Å². The average molecular weight is 319 g/mol. The molecule has 0 bridgehead atoms. The summed E-state index contributed by atoms with van der Waals surface area (Å²) in [6.45, 7) is 4.22. The molecule has 1 N–H and O–H groups in total. The van der Waals surface area contributed by atoms with Crippen LogP contribution in [0, 0.1) is 12.8 Å².